The maximum absolute atomic E-state index is 12.6. The molecule has 1 unspecified atom stereocenters. The standard InChI is InChI=1S/C14H11ClF3NO4S2/c1-13(21,14(16,17)18)12(20)19-10-6-7-11(24-10)25(22,23)9-4-2-8(15)3-5-9/h2-7,21H,1H3,(H,19,20). The second-order valence-electron chi connectivity index (χ2n) is 5.10. The summed E-state index contributed by atoms with van der Waals surface area (Å²) in [5.41, 5.74) is -3.60. The van der Waals surface area contributed by atoms with Gasteiger partial charge >= 0.3 is 6.18 Å². The van der Waals surface area contributed by atoms with Crippen molar-refractivity contribution in [1.29, 1.82) is 0 Å². The van der Waals surface area contributed by atoms with E-state index in [1.807, 2.05) is 5.32 Å². The molecule has 0 saturated heterocycles. The van der Waals surface area contributed by atoms with Gasteiger partial charge in [-0.15, -0.1) is 11.3 Å². The molecule has 2 rings (SSSR count). The molecule has 5 nitrogen and oxygen atoms in total. The van der Waals surface area contributed by atoms with Crippen molar-refractivity contribution in [3.63, 3.8) is 0 Å². The first-order chi connectivity index (χ1) is 11.4. The molecule has 2 aromatic rings. The Morgan fingerprint density at radius 1 is 1.16 bits per heavy atom. The molecular weight excluding hydrogens is 403 g/mol. The number of rotatable bonds is 4. The number of thiophene rings is 1. The summed E-state index contributed by atoms with van der Waals surface area (Å²) in [4.78, 5) is 11.6. The van der Waals surface area contributed by atoms with Gasteiger partial charge in [-0.2, -0.15) is 13.2 Å². The molecule has 0 fully saturated rings. The van der Waals surface area contributed by atoms with Crippen LogP contribution in [-0.2, 0) is 14.6 Å². The van der Waals surface area contributed by atoms with Gasteiger partial charge in [0.05, 0.1) is 9.90 Å². The molecule has 136 valence electrons. The molecule has 1 aromatic heterocycles. The predicted octanol–water partition coefficient (Wildman–Crippen LogP) is 3.49. The minimum atomic E-state index is -5.17. The molecule has 0 aliphatic heterocycles. The lowest BCUT2D eigenvalue weighted by Gasteiger charge is -2.24. The van der Waals surface area contributed by atoms with Crippen molar-refractivity contribution in [3.05, 3.63) is 41.4 Å². The van der Waals surface area contributed by atoms with Gasteiger partial charge in [-0.05, 0) is 43.3 Å². The number of benzene rings is 1. The van der Waals surface area contributed by atoms with E-state index in [4.69, 9.17) is 11.6 Å². The van der Waals surface area contributed by atoms with Crippen LogP contribution in [0, 0.1) is 0 Å². The highest BCUT2D eigenvalue weighted by molar-refractivity contribution is 7.93. The zero-order valence-corrected chi connectivity index (χ0v) is 14.9. The summed E-state index contributed by atoms with van der Waals surface area (Å²) in [7, 11) is -3.91. The third-order valence-electron chi connectivity index (χ3n) is 3.20. The molecule has 0 spiro atoms. The molecule has 1 heterocycles. The SMILES string of the molecule is CC(O)(C(=O)Nc1ccc(S(=O)(=O)c2ccc(Cl)cc2)s1)C(F)(F)F. The van der Waals surface area contributed by atoms with Gasteiger partial charge in [-0.1, -0.05) is 11.6 Å². The van der Waals surface area contributed by atoms with Crippen molar-refractivity contribution in [2.45, 2.75) is 27.8 Å². The van der Waals surface area contributed by atoms with Crippen LogP contribution in [0.1, 0.15) is 6.92 Å². The summed E-state index contributed by atoms with van der Waals surface area (Å²) in [5.74, 6) is -1.71. The number of halogens is 4. The molecule has 2 N–H and O–H groups in total. The number of sulfone groups is 1. The fourth-order valence-corrected chi connectivity index (χ4v) is 4.35. The first kappa shape index (κ1) is 19.7. The molecule has 11 heteroatoms. The van der Waals surface area contributed by atoms with Crippen molar-refractivity contribution in [2.24, 2.45) is 0 Å². The number of anilines is 1. The summed E-state index contributed by atoms with van der Waals surface area (Å²) < 4.78 is 62.5. The summed E-state index contributed by atoms with van der Waals surface area (Å²) in [6.07, 6.45) is -5.17. The van der Waals surface area contributed by atoms with Gasteiger partial charge in [0.2, 0.25) is 15.4 Å². The second kappa shape index (κ2) is 6.60. The van der Waals surface area contributed by atoms with Crippen LogP contribution >= 0.6 is 22.9 Å². The van der Waals surface area contributed by atoms with Crippen LogP contribution < -0.4 is 5.32 Å². The molecule has 1 aromatic carbocycles. The van der Waals surface area contributed by atoms with E-state index < -0.39 is 27.5 Å². The van der Waals surface area contributed by atoms with E-state index in [0.29, 0.717) is 23.3 Å². The fraction of sp³-hybridized carbons (Fsp3) is 0.214. The van der Waals surface area contributed by atoms with Crippen molar-refractivity contribution >= 4 is 43.7 Å². The largest absolute Gasteiger partial charge is 0.426 e. The van der Waals surface area contributed by atoms with E-state index in [1.54, 1.807) is 0 Å². The van der Waals surface area contributed by atoms with E-state index >= 15 is 0 Å². The normalized spacial score (nSPS) is 14.8. The first-order valence-electron chi connectivity index (χ1n) is 6.57. The van der Waals surface area contributed by atoms with Crippen LogP contribution in [0.5, 0.6) is 0 Å². The number of aliphatic hydroxyl groups is 1. The number of hydrogen-bond acceptors (Lipinski definition) is 5. The topological polar surface area (TPSA) is 83.5 Å². The van der Waals surface area contributed by atoms with Crippen LogP contribution in [0.25, 0.3) is 0 Å². The molecule has 1 amide bonds. The van der Waals surface area contributed by atoms with Gasteiger partial charge in [-0.3, -0.25) is 4.79 Å². The van der Waals surface area contributed by atoms with Crippen molar-refractivity contribution in [3.8, 4) is 0 Å². The monoisotopic (exact) mass is 413 g/mol. The third kappa shape index (κ3) is 3.97. The van der Waals surface area contributed by atoms with Crippen molar-refractivity contribution in [1.82, 2.24) is 0 Å². The number of nitrogens with one attached hydrogen (secondary N) is 1. The highest BCUT2D eigenvalue weighted by Gasteiger charge is 2.55. The van der Waals surface area contributed by atoms with E-state index in [1.165, 1.54) is 24.3 Å². The minimum absolute atomic E-state index is 0.0566. The number of carbonyl (C=O) groups is 1. The Balaban J connectivity index is 2.26. The highest BCUT2D eigenvalue weighted by atomic mass is 35.5. The van der Waals surface area contributed by atoms with Gasteiger partial charge in [0.15, 0.2) is 0 Å². The maximum atomic E-state index is 12.6. The molecule has 1 atom stereocenters. The van der Waals surface area contributed by atoms with Crippen LogP contribution in [0.2, 0.25) is 5.02 Å². The van der Waals surface area contributed by atoms with E-state index in [0.717, 1.165) is 12.1 Å². The summed E-state index contributed by atoms with van der Waals surface area (Å²) in [6.45, 7) is 0.307. The lowest BCUT2D eigenvalue weighted by molar-refractivity contribution is -0.242. The van der Waals surface area contributed by atoms with Crippen LogP contribution in [0.4, 0.5) is 18.2 Å². The van der Waals surface area contributed by atoms with E-state index in [9.17, 15) is 31.5 Å². The Labute approximate surface area is 150 Å². The Kier molecular flexibility index (Phi) is 5.20. The number of hydrogen-bond donors (Lipinski definition) is 2. The summed E-state index contributed by atoms with van der Waals surface area (Å²) in [5, 5.41) is 11.3. The molecule has 0 radical (unpaired) electrons. The Morgan fingerprint density at radius 3 is 2.24 bits per heavy atom. The quantitative estimate of drug-likeness (QED) is 0.803. The Hall–Kier alpha value is -1.62. The minimum Gasteiger partial charge on any atom is -0.373 e. The zero-order valence-electron chi connectivity index (χ0n) is 12.5. The zero-order chi connectivity index (χ0) is 19.0. The molecule has 0 bridgehead atoms. The first-order valence-corrected chi connectivity index (χ1v) is 9.24. The Bertz CT molecular complexity index is 890. The Morgan fingerprint density at radius 2 is 1.72 bits per heavy atom. The number of carbonyl (C=O) groups excluding carboxylic acids is 1. The van der Waals surface area contributed by atoms with E-state index in [2.05, 4.69) is 0 Å². The van der Waals surface area contributed by atoms with Gasteiger partial charge in [0, 0.05) is 5.02 Å². The maximum Gasteiger partial charge on any atom is 0.426 e. The average molecular weight is 414 g/mol. The van der Waals surface area contributed by atoms with E-state index in [-0.39, 0.29) is 14.1 Å². The number of amides is 1. The average Bonchev–Trinajstić information content (AvgIpc) is 2.95. The highest BCUT2D eigenvalue weighted by Crippen LogP contribution is 2.34. The predicted molar refractivity (Wildman–Crippen MR) is 86.5 cm³/mol. The molecule has 0 saturated carbocycles. The fourth-order valence-electron chi connectivity index (χ4n) is 1.62. The molecular formula is C14H11ClF3NO4S2. The van der Waals surface area contributed by atoms with Crippen molar-refractivity contribution in [2.75, 3.05) is 5.32 Å². The molecule has 0 aliphatic rings. The van der Waals surface area contributed by atoms with Gasteiger partial charge in [0.1, 0.15) is 4.21 Å². The van der Waals surface area contributed by atoms with Crippen molar-refractivity contribution < 1.29 is 31.5 Å². The van der Waals surface area contributed by atoms with Crippen LogP contribution in [-0.4, -0.2) is 31.2 Å². The van der Waals surface area contributed by atoms with Crippen LogP contribution in [0.3, 0.4) is 0 Å². The number of alkyl halides is 3. The smallest absolute Gasteiger partial charge is 0.373 e. The molecule has 0 aliphatic carbocycles. The molecule has 25 heavy (non-hydrogen) atoms. The van der Waals surface area contributed by atoms with Crippen LogP contribution in [0.15, 0.2) is 45.5 Å². The lowest BCUT2D eigenvalue weighted by atomic mass is 10.1. The third-order valence-corrected chi connectivity index (χ3v) is 6.72. The van der Waals surface area contributed by atoms with Gasteiger partial charge in [0.25, 0.3) is 5.91 Å². The summed E-state index contributed by atoms with van der Waals surface area (Å²) in [6, 6.07) is 7.61. The summed E-state index contributed by atoms with van der Waals surface area (Å²) >= 11 is 6.26. The van der Waals surface area contributed by atoms with Gasteiger partial charge in [-0.25, -0.2) is 8.42 Å². The lowest BCUT2D eigenvalue weighted by Crippen LogP contribution is -2.52. The second-order valence-corrected chi connectivity index (χ2v) is 8.80. The van der Waals surface area contributed by atoms with Gasteiger partial charge < -0.3 is 10.4 Å².